The van der Waals surface area contributed by atoms with Crippen molar-refractivity contribution in [2.24, 2.45) is 0 Å². The highest BCUT2D eigenvalue weighted by atomic mass is 35.5. The maximum absolute atomic E-state index is 13.1. The second kappa shape index (κ2) is 9.50. The van der Waals surface area contributed by atoms with Crippen molar-refractivity contribution in [2.75, 3.05) is 24.4 Å². The number of anilines is 1. The first kappa shape index (κ1) is 23.8. The number of methoxy groups -OCH3 is 1. The summed E-state index contributed by atoms with van der Waals surface area (Å²) in [5.74, 6) is 0.124. The molecule has 2 heterocycles. The number of ether oxygens (including phenoxy) is 3. The molecule has 8 heteroatoms. The lowest BCUT2D eigenvalue weighted by Crippen LogP contribution is -2.36. The van der Waals surface area contributed by atoms with Gasteiger partial charge in [-0.2, -0.15) is 0 Å². The van der Waals surface area contributed by atoms with E-state index in [0.29, 0.717) is 41.1 Å². The Morgan fingerprint density at radius 1 is 1.18 bits per heavy atom. The van der Waals surface area contributed by atoms with Gasteiger partial charge < -0.3 is 14.2 Å². The van der Waals surface area contributed by atoms with Crippen LogP contribution >= 0.6 is 11.6 Å². The number of amides is 1. The van der Waals surface area contributed by atoms with Crippen LogP contribution in [0.5, 0.6) is 5.75 Å². The van der Waals surface area contributed by atoms with E-state index in [4.69, 9.17) is 25.8 Å². The average molecular weight is 483 g/mol. The minimum absolute atomic E-state index is 0.162. The predicted octanol–water partition coefficient (Wildman–Crippen LogP) is 5.68. The van der Waals surface area contributed by atoms with Crippen LogP contribution in [-0.2, 0) is 16.1 Å². The molecule has 1 amide bonds. The number of hydrogen-bond donors (Lipinski definition) is 0. The third-order valence-corrected chi connectivity index (χ3v) is 5.89. The van der Waals surface area contributed by atoms with E-state index in [1.807, 2.05) is 57.2 Å². The second-order valence-corrected chi connectivity index (χ2v) is 9.44. The number of carbonyl (C=O) groups is 2. The molecule has 0 bridgehead atoms. The standard InChI is InChI=1S/C26H27ClN2O5/c1-26(2,3)34-25(31)29-14-18(12-27)22-19-10-17(24(30)32-4)13-28-23(19)21(11-20(22)29)33-15-16-8-6-5-7-9-16/h5-11,13,18H,12,14-15H2,1-4H3/t18-/m1/s1. The van der Waals surface area contributed by atoms with Crippen LogP contribution in [0.1, 0.15) is 48.2 Å². The highest BCUT2D eigenvalue weighted by Crippen LogP contribution is 2.45. The lowest BCUT2D eigenvalue weighted by molar-refractivity contribution is 0.0578. The molecule has 4 rings (SSSR count). The van der Waals surface area contributed by atoms with Gasteiger partial charge in [0, 0.05) is 36.0 Å². The zero-order chi connectivity index (χ0) is 24.5. The fraction of sp³-hybridized carbons (Fsp3) is 0.346. The Morgan fingerprint density at radius 2 is 1.91 bits per heavy atom. The van der Waals surface area contributed by atoms with Gasteiger partial charge in [0.15, 0.2) is 0 Å². The fourth-order valence-electron chi connectivity index (χ4n) is 4.03. The normalized spacial score (nSPS) is 15.2. The summed E-state index contributed by atoms with van der Waals surface area (Å²) >= 11 is 6.33. The second-order valence-electron chi connectivity index (χ2n) is 9.14. The molecule has 2 aromatic carbocycles. The van der Waals surface area contributed by atoms with E-state index in [0.717, 1.165) is 11.1 Å². The molecule has 0 saturated carbocycles. The summed E-state index contributed by atoms with van der Waals surface area (Å²) in [6.07, 6.45) is 0.999. The van der Waals surface area contributed by atoms with Gasteiger partial charge in [0.05, 0.1) is 18.4 Å². The summed E-state index contributed by atoms with van der Waals surface area (Å²) in [6.45, 7) is 6.14. The third-order valence-electron chi connectivity index (χ3n) is 5.52. The molecule has 0 aliphatic carbocycles. The van der Waals surface area contributed by atoms with Crippen molar-refractivity contribution in [1.82, 2.24) is 4.98 Å². The van der Waals surface area contributed by atoms with Crippen LogP contribution in [0.3, 0.4) is 0 Å². The van der Waals surface area contributed by atoms with Gasteiger partial charge in [0.25, 0.3) is 0 Å². The lowest BCUT2D eigenvalue weighted by Gasteiger charge is -2.25. The van der Waals surface area contributed by atoms with E-state index in [1.165, 1.54) is 13.3 Å². The molecule has 3 aromatic rings. The Labute approximate surface area is 203 Å². The third kappa shape index (κ3) is 4.80. The molecule has 34 heavy (non-hydrogen) atoms. The van der Waals surface area contributed by atoms with Crippen molar-refractivity contribution in [3.8, 4) is 5.75 Å². The number of carbonyl (C=O) groups excluding carboxylic acids is 2. The van der Waals surface area contributed by atoms with E-state index in [2.05, 4.69) is 4.98 Å². The predicted molar refractivity (Wildman–Crippen MR) is 131 cm³/mol. The zero-order valence-electron chi connectivity index (χ0n) is 19.6. The van der Waals surface area contributed by atoms with Crippen LogP contribution in [0.25, 0.3) is 10.9 Å². The van der Waals surface area contributed by atoms with Crippen LogP contribution in [0.15, 0.2) is 48.7 Å². The lowest BCUT2D eigenvalue weighted by atomic mass is 9.96. The van der Waals surface area contributed by atoms with E-state index < -0.39 is 17.7 Å². The Morgan fingerprint density at radius 3 is 2.56 bits per heavy atom. The van der Waals surface area contributed by atoms with Gasteiger partial charge in [-0.25, -0.2) is 9.59 Å². The quantitative estimate of drug-likeness (QED) is 0.344. The van der Waals surface area contributed by atoms with E-state index in [9.17, 15) is 9.59 Å². The van der Waals surface area contributed by atoms with E-state index in [-0.39, 0.29) is 11.8 Å². The Hall–Kier alpha value is -3.32. The Bertz CT molecular complexity index is 1220. The SMILES string of the molecule is COC(=O)c1cnc2c(OCc3ccccc3)cc3c(c2c1)[C@H](CCl)CN3C(=O)OC(C)(C)C. The number of fused-ring (bicyclic) bond motifs is 3. The largest absolute Gasteiger partial charge is 0.487 e. The molecular weight excluding hydrogens is 456 g/mol. The summed E-state index contributed by atoms with van der Waals surface area (Å²) in [5.41, 5.74) is 2.70. The van der Waals surface area contributed by atoms with Gasteiger partial charge in [0.2, 0.25) is 0 Å². The molecule has 0 fully saturated rings. The number of rotatable bonds is 5. The maximum atomic E-state index is 13.1. The number of esters is 1. The monoisotopic (exact) mass is 482 g/mol. The molecule has 0 saturated heterocycles. The topological polar surface area (TPSA) is 78.0 Å². The summed E-state index contributed by atoms with van der Waals surface area (Å²) in [7, 11) is 1.32. The molecule has 0 radical (unpaired) electrons. The number of pyridine rings is 1. The number of alkyl halides is 1. The zero-order valence-corrected chi connectivity index (χ0v) is 20.4. The number of nitrogens with zero attached hydrogens (tertiary/aromatic N) is 2. The summed E-state index contributed by atoms with van der Waals surface area (Å²) in [6, 6.07) is 13.3. The Kier molecular flexibility index (Phi) is 6.66. The van der Waals surface area contributed by atoms with Crippen LogP contribution in [0, 0.1) is 0 Å². The van der Waals surface area contributed by atoms with Crippen LogP contribution in [0.2, 0.25) is 0 Å². The van der Waals surface area contributed by atoms with Gasteiger partial charge in [-0.1, -0.05) is 30.3 Å². The molecule has 1 aliphatic rings. The van der Waals surface area contributed by atoms with Gasteiger partial charge in [-0.15, -0.1) is 11.6 Å². The number of hydrogen-bond acceptors (Lipinski definition) is 6. The molecule has 0 spiro atoms. The molecule has 1 aliphatic heterocycles. The van der Waals surface area contributed by atoms with Crippen LogP contribution in [-0.4, -0.2) is 42.2 Å². The molecule has 0 N–H and O–H groups in total. The molecule has 1 aromatic heterocycles. The van der Waals surface area contributed by atoms with Crippen molar-refractivity contribution >= 4 is 40.3 Å². The average Bonchev–Trinajstić information content (AvgIpc) is 3.20. The Balaban J connectivity index is 1.86. The fourth-order valence-corrected chi connectivity index (χ4v) is 4.28. The van der Waals surface area contributed by atoms with Gasteiger partial charge in [-0.05, 0) is 38.0 Å². The minimum Gasteiger partial charge on any atom is -0.487 e. The summed E-state index contributed by atoms with van der Waals surface area (Å²) < 4.78 is 16.7. The first-order valence-electron chi connectivity index (χ1n) is 11.0. The highest BCUT2D eigenvalue weighted by molar-refractivity contribution is 6.19. The summed E-state index contributed by atoms with van der Waals surface area (Å²) in [4.78, 5) is 31.4. The molecule has 178 valence electrons. The van der Waals surface area contributed by atoms with E-state index in [1.54, 1.807) is 11.0 Å². The number of halogens is 1. The van der Waals surface area contributed by atoms with Gasteiger partial charge in [-0.3, -0.25) is 9.88 Å². The highest BCUT2D eigenvalue weighted by Gasteiger charge is 2.37. The first-order valence-corrected chi connectivity index (χ1v) is 11.5. The summed E-state index contributed by atoms with van der Waals surface area (Å²) in [5, 5.41) is 0.695. The van der Waals surface area contributed by atoms with Crippen molar-refractivity contribution in [2.45, 2.75) is 38.9 Å². The first-order chi connectivity index (χ1) is 16.2. The van der Waals surface area contributed by atoms with Crippen LogP contribution in [0.4, 0.5) is 10.5 Å². The molecule has 1 atom stereocenters. The van der Waals surface area contributed by atoms with Crippen molar-refractivity contribution < 1.29 is 23.8 Å². The number of benzene rings is 2. The number of aromatic nitrogens is 1. The maximum Gasteiger partial charge on any atom is 0.414 e. The van der Waals surface area contributed by atoms with Crippen LogP contribution < -0.4 is 9.64 Å². The van der Waals surface area contributed by atoms with Crippen molar-refractivity contribution in [3.63, 3.8) is 0 Å². The van der Waals surface area contributed by atoms with E-state index >= 15 is 0 Å². The van der Waals surface area contributed by atoms with Crippen molar-refractivity contribution in [3.05, 3.63) is 65.4 Å². The van der Waals surface area contributed by atoms with Gasteiger partial charge >= 0.3 is 12.1 Å². The smallest absolute Gasteiger partial charge is 0.414 e. The minimum atomic E-state index is -0.653. The molecular formula is C26H27ClN2O5. The van der Waals surface area contributed by atoms with Crippen molar-refractivity contribution in [1.29, 1.82) is 0 Å². The molecule has 0 unspecified atom stereocenters. The van der Waals surface area contributed by atoms with Gasteiger partial charge in [0.1, 0.15) is 23.5 Å². The molecule has 7 nitrogen and oxygen atoms in total.